The topological polar surface area (TPSA) is 65.4 Å². The molecule has 1 heterocycles. The van der Waals surface area contributed by atoms with Crippen LogP contribution >= 0.6 is 0 Å². The van der Waals surface area contributed by atoms with Crippen molar-refractivity contribution in [3.8, 4) is 6.07 Å². The summed E-state index contributed by atoms with van der Waals surface area (Å²) in [7, 11) is 0. The summed E-state index contributed by atoms with van der Waals surface area (Å²) in [6.07, 6.45) is 1.02. The first-order valence-electron chi connectivity index (χ1n) is 8.38. The van der Waals surface area contributed by atoms with E-state index < -0.39 is 17.5 Å². The molecule has 1 aliphatic rings. The van der Waals surface area contributed by atoms with Gasteiger partial charge in [0.25, 0.3) is 5.91 Å². The zero-order chi connectivity index (χ0) is 19.2. The number of carbonyl (C=O) groups is 1. The minimum atomic E-state index is -1.10. The number of hydrogen-bond acceptors (Lipinski definition) is 4. The number of benzene rings is 2. The van der Waals surface area contributed by atoms with E-state index in [9.17, 15) is 18.8 Å². The summed E-state index contributed by atoms with van der Waals surface area (Å²) in [4.78, 5) is 14.5. The molecule has 0 spiro atoms. The Bertz CT molecular complexity index is 898. The van der Waals surface area contributed by atoms with E-state index in [1.54, 1.807) is 18.2 Å². The van der Waals surface area contributed by atoms with Gasteiger partial charge in [0.15, 0.2) is 11.6 Å². The minimum absolute atomic E-state index is 0.163. The summed E-state index contributed by atoms with van der Waals surface area (Å²) >= 11 is 0. The maximum Gasteiger partial charge on any atom is 0.266 e. The van der Waals surface area contributed by atoms with Crippen molar-refractivity contribution in [3.05, 3.63) is 65.2 Å². The van der Waals surface area contributed by atoms with E-state index in [-0.39, 0.29) is 11.1 Å². The van der Waals surface area contributed by atoms with Gasteiger partial charge in [0, 0.05) is 30.0 Å². The molecule has 0 aliphatic carbocycles. The van der Waals surface area contributed by atoms with Crippen molar-refractivity contribution >= 4 is 23.4 Å². The summed E-state index contributed by atoms with van der Waals surface area (Å²) in [6.45, 7) is 2.94. The van der Waals surface area contributed by atoms with Crippen molar-refractivity contribution in [2.75, 3.05) is 36.5 Å². The number of carbonyl (C=O) groups excluding carboxylic acids is 1. The lowest BCUT2D eigenvalue weighted by Crippen LogP contribution is -2.36. The molecule has 1 N–H and O–H groups in total. The molecule has 0 atom stereocenters. The molecule has 0 saturated carbocycles. The first-order valence-corrected chi connectivity index (χ1v) is 8.38. The molecule has 27 heavy (non-hydrogen) atoms. The highest BCUT2D eigenvalue weighted by Gasteiger charge is 2.14. The second kappa shape index (κ2) is 8.43. The minimum Gasteiger partial charge on any atom is -0.378 e. The van der Waals surface area contributed by atoms with Gasteiger partial charge in [-0.05, 0) is 36.4 Å². The van der Waals surface area contributed by atoms with Gasteiger partial charge in [-0.25, -0.2) is 8.78 Å². The zero-order valence-corrected chi connectivity index (χ0v) is 14.4. The normalized spacial score (nSPS) is 14.6. The van der Waals surface area contributed by atoms with E-state index in [4.69, 9.17) is 4.74 Å². The van der Waals surface area contributed by atoms with Crippen LogP contribution in [-0.2, 0) is 9.53 Å². The number of anilines is 2. The van der Waals surface area contributed by atoms with Crippen molar-refractivity contribution < 1.29 is 18.3 Å². The second-order valence-corrected chi connectivity index (χ2v) is 5.91. The predicted octanol–water partition coefficient (Wildman–Crippen LogP) is 3.35. The van der Waals surface area contributed by atoms with E-state index in [1.807, 2.05) is 12.1 Å². The van der Waals surface area contributed by atoms with Crippen molar-refractivity contribution in [2.24, 2.45) is 0 Å². The van der Waals surface area contributed by atoms with Gasteiger partial charge in [0.05, 0.1) is 13.2 Å². The van der Waals surface area contributed by atoms with Gasteiger partial charge in [-0.1, -0.05) is 12.1 Å². The zero-order valence-electron chi connectivity index (χ0n) is 14.4. The third-order valence-corrected chi connectivity index (χ3v) is 4.15. The first-order chi connectivity index (χ1) is 13.1. The molecule has 5 nitrogen and oxygen atoms in total. The van der Waals surface area contributed by atoms with Gasteiger partial charge < -0.3 is 15.0 Å². The summed E-state index contributed by atoms with van der Waals surface area (Å²) in [6, 6.07) is 12.5. The highest BCUT2D eigenvalue weighted by molar-refractivity contribution is 6.09. The van der Waals surface area contributed by atoms with E-state index in [0.717, 1.165) is 30.9 Å². The van der Waals surface area contributed by atoms with E-state index >= 15 is 0 Å². The number of nitriles is 1. The van der Waals surface area contributed by atoms with Crippen LogP contribution in [0.15, 0.2) is 48.0 Å². The Hall–Kier alpha value is -3.24. The Kier molecular flexibility index (Phi) is 5.79. The highest BCUT2D eigenvalue weighted by Crippen LogP contribution is 2.20. The Morgan fingerprint density at radius 2 is 1.85 bits per heavy atom. The van der Waals surface area contributed by atoms with Crippen molar-refractivity contribution in [1.82, 2.24) is 0 Å². The molecule has 0 radical (unpaired) electrons. The van der Waals surface area contributed by atoms with Crippen LogP contribution in [-0.4, -0.2) is 32.2 Å². The molecule has 7 heteroatoms. The summed E-state index contributed by atoms with van der Waals surface area (Å²) in [5.41, 5.74) is 1.02. The molecule has 2 aromatic carbocycles. The highest BCUT2D eigenvalue weighted by atomic mass is 19.2. The van der Waals surface area contributed by atoms with Crippen LogP contribution in [0.4, 0.5) is 20.2 Å². The lowest BCUT2D eigenvalue weighted by atomic mass is 10.1. The molecule has 1 aliphatic heterocycles. The fraction of sp³-hybridized carbons (Fsp3) is 0.200. The molecule has 138 valence electrons. The number of morpholine rings is 1. The number of amides is 1. The molecule has 1 amide bonds. The third kappa shape index (κ3) is 4.49. The van der Waals surface area contributed by atoms with Gasteiger partial charge in [-0.3, -0.25) is 4.79 Å². The Labute approximate surface area is 155 Å². The van der Waals surface area contributed by atoms with Gasteiger partial charge in [-0.2, -0.15) is 5.26 Å². The molecule has 0 aromatic heterocycles. The summed E-state index contributed by atoms with van der Waals surface area (Å²) < 4.78 is 32.3. The van der Waals surface area contributed by atoms with Crippen LogP contribution in [0.25, 0.3) is 6.08 Å². The molecular weight excluding hydrogens is 352 g/mol. The van der Waals surface area contributed by atoms with Crippen LogP contribution in [0, 0.1) is 23.0 Å². The number of hydrogen-bond donors (Lipinski definition) is 1. The lowest BCUT2D eigenvalue weighted by molar-refractivity contribution is -0.112. The number of halogens is 2. The number of rotatable bonds is 4. The van der Waals surface area contributed by atoms with E-state index in [1.165, 1.54) is 12.1 Å². The standard InChI is InChI=1S/C20H17F2N3O2/c21-18-3-1-2-14(19(18)22)12-15(13-23)20(26)24-16-4-6-17(7-5-16)25-8-10-27-11-9-25/h1-7,12H,8-11H2,(H,24,26)/b15-12-. The van der Waals surface area contributed by atoms with E-state index in [0.29, 0.717) is 18.9 Å². The second-order valence-electron chi connectivity index (χ2n) is 5.91. The SMILES string of the molecule is N#C/C(=C/c1cccc(F)c1F)C(=O)Nc1ccc(N2CCOCC2)cc1. The number of nitrogens with one attached hydrogen (secondary N) is 1. The first kappa shape index (κ1) is 18.5. The van der Waals surface area contributed by atoms with Gasteiger partial charge in [-0.15, -0.1) is 0 Å². The smallest absolute Gasteiger partial charge is 0.266 e. The summed E-state index contributed by atoms with van der Waals surface area (Å²) in [5, 5.41) is 11.8. The fourth-order valence-corrected chi connectivity index (χ4v) is 2.71. The van der Waals surface area contributed by atoms with Crippen molar-refractivity contribution in [3.63, 3.8) is 0 Å². The van der Waals surface area contributed by atoms with Crippen molar-refractivity contribution in [1.29, 1.82) is 5.26 Å². The molecule has 1 fully saturated rings. The molecular formula is C20H17F2N3O2. The van der Waals surface area contributed by atoms with Gasteiger partial charge in [0.1, 0.15) is 11.6 Å². The molecule has 0 bridgehead atoms. The average molecular weight is 369 g/mol. The third-order valence-electron chi connectivity index (χ3n) is 4.15. The molecule has 0 unspecified atom stereocenters. The summed E-state index contributed by atoms with van der Waals surface area (Å²) in [5.74, 6) is -2.84. The van der Waals surface area contributed by atoms with Crippen molar-refractivity contribution in [2.45, 2.75) is 0 Å². The molecule has 3 rings (SSSR count). The fourth-order valence-electron chi connectivity index (χ4n) is 2.71. The molecule has 2 aromatic rings. The van der Waals surface area contributed by atoms with Crippen LogP contribution in [0.3, 0.4) is 0 Å². The quantitative estimate of drug-likeness (QED) is 0.663. The van der Waals surface area contributed by atoms with Gasteiger partial charge in [0.2, 0.25) is 0 Å². The predicted molar refractivity (Wildman–Crippen MR) is 98.1 cm³/mol. The largest absolute Gasteiger partial charge is 0.378 e. The Balaban J connectivity index is 1.72. The maximum absolute atomic E-state index is 13.7. The van der Waals surface area contributed by atoms with E-state index in [2.05, 4.69) is 10.2 Å². The van der Waals surface area contributed by atoms with Crippen LogP contribution in [0.1, 0.15) is 5.56 Å². The number of nitrogens with zero attached hydrogens (tertiary/aromatic N) is 2. The monoisotopic (exact) mass is 369 g/mol. The van der Waals surface area contributed by atoms with Crippen LogP contribution < -0.4 is 10.2 Å². The number of ether oxygens (including phenoxy) is 1. The van der Waals surface area contributed by atoms with Crippen LogP contribution in [0.2, 0.25) is 0 Å². The maximum atomic E-state index is 13.7. The van der Waals surface area contributed by atoms with Crippen LogP contribution in [0.5, 0.6) is 0 Å². The molecule has 1 saturated heterocycles. The Morgan fingerprint density at radius 1 is 1.15 bits per heavy atom. The Morgan fingerprint density at radius 3 is 2.52 bits per heavy atom. The lowest BCUT2D eigenvalue weighted by Gasteiger charge is -2.28. The average Bonchev–Trinajstić information content (AvgIpc) is 2.70. The van der Waals surface area contributed by atoms with Gasteiger partial charge >= 0.3 is 0 Å².